The fraction of sp³-hybridized carbons (Fsp3) is 0.929. The first kappa shape index (κ1) is 40.8. The first-order valence-corrected chi connectivity index (χ1v) is 10.6. The topological polar surface area (TPSA) is 74.7 Å². The third-order valence-corrected chi connectivity index (χ3v) is 6.82. The van der Waals surface area contributed by atoms with Crippen LogP contribution in [-0.4, -0.2) is 102 Å². The molecule has 0 spiro atoms. The van der Waals surface area contributed by atoms with Crippen LogP contribution in [0.1, 0.15) is 0 Å². The van der Waals surface area contributed by atoms with Gasteiger partial charge in [0, 0.05) is 7.05 Å². The van der Waals surface area contributed by atoms with Crippen LogP contribution in [-0.2, 0) is 14.8 Å². The van der Waals surface area contributed by atoms with E-state index in [9.17, 15) is 114 Å². The molecule has 0 unspecified atom stereocenters. The molecule has 0 aliphatic rings. The minimum Gasteiger partial charge on any atom is -0.480 e. The first-order valence-electron chi connectivity index (χ1n) is 9.11. The maximum Gasteiger partial charge on any atom is 0.460 e. The van der Waals surface area contributed by atoms with E-state index < -0.39 is 98.6 Å². The fourth-order valence-corrected chi connectivity index (χ4v) is 3.50. The number of alkyl halides is 23. The van der Waals surface area contributed by atoms with Crippen molar-refractivity contribution < 1.29 is 119 Å². The zero-order valence-electron chi connectivity index (χ0n) is 18.9. The van der Waals surface area contributed by atoms with E-state index in [1.165, 1.54) is 0 Å². The van der Waals surface area contributed by atoms with Crippen LogP contribution in [0.2, 0.25) is 0 Å². The number of hydrogen-bond acceptors (Lipinski definition) is 3. The van der Waals surface area contributed by atoms with Gasteiger partial charge in [-0.15, -0.1) is 0 Å². The predicted octanol–water partition coefficient (Wildman–Crippen LogP) is 6.21. The zero-order valence-corrected chi connectivity index (χ0v) is 19.7. The molecule has 0 fully saturated rings. The van der Waals surface area contributed by atoms with Crippen molar-refractivity contribution in [1.82, 2.24) is 4.31 Å². The van der Waals surface area contributed by atoms with Crippen molar-refractivity contribution in [2.75, 3.05) is 13.6 Å². The van der Waals surface area contributed by atoms with Crippen molar-refractivity contribution in [3.8, 4) is 0 Å². The van der Waals surface area contributed by atoms with Gasteiger partial charge in [-0.3, -0.25) is 4.79 Å². The fourth-order valence-electron chi connectivity index (χ4n) is 2.37. The summed E-state index contributed by atoms with van der Waals surface area (Å²) in [5, 5.41) is 0.138. The minimum absolute atomic E-state index is 0.536. The summed E-state index contributed by atoms with van der Waals surface area (Å²) in [6.45, 7) is -2.47. The Labute approximate surface area is 219 Å². The van der Waals surface area contributed by atoms with Crippen molar-refractivity contribution in [3.63, 3.8) is 0 Å². The molecular formula is C14H6F23NO4S. The highest BCUT2D eigenvalue weighted by Crippen LogP contribution is 2.67. The van der Waals surface area contributed by atoms with E-state index in [0.29, 0.717) is 0 Å². The summed E-state index contributed by atoms with van der Waals surface area (Å²) in [6, 6.07) is 0. The van der Waals surface area contributed by atoms with E-state index in [4.69, 9.17) is 5.11 Å². The number of carbonyl (C=O) groups is 1. The molecule has 1 N–H and O–H groups in total. The number of halogens is 23. The van der Waals surface area contributed by atoms with Gasteiger partial charge in [0.2, 0.25) is 0 Å². The van der Waals surface area contributed by atoms with E-state index in [1.807, 2.05) is 0 Å². The van der Waals surface area contributed by atoms with Crippen LogP contribution >= 0.6 is 0 Å². The lowest BCUT2D eigenvalue weighted by molar-refractivity contribution is -0.476. The van der Waals surface area contributed by atoms with Crippen molar-refractivity contribution in [1.29, 1.82) is 0 Å². The molecule has 29 heteroatoms. The summed E-state index contributed by atoms with van der Waals surface area (Å²) in [5.74, 6) is -86.1. The highest BCUT2D eigenvalue weighted by Gasteiger charge is 2.99. The Morgan fingerprint density at radius 1 is 0.488 bits per heavy atom. The lowest BCUT2D eigenvalue weighted by Gasteiger charge is -2.45. The highest BCUT2D eigenvalue weighted by molar-refractivity contribution is 7.90. The minimum atomic E-state index is -9.62. The second-order valence-electron chi connectivity index (χ2n) is 7.84. The van der Waals surface area contributed by atoms with Crippen LogP contribution in [0.4, 0.5) is 101 Å². The Hall–Kier alpha value is -2.23. The van der Waals surface area contributed by atoms with Crippen LogP contribution in [0.25, 0.3) is 0 Å². The largest absolute Gasteiger partial charge is 0.480 e. The SMILES string of the molecule is CN(CC(=O)O)S(=O)(=O)C(F)(F)C(F)(F)C(F)(F)C(F)(F)C(F)(F)C(F)(F)C(F)(F)C(F)(F)C(F)(F)C(F)(F)C(F)(F)F. The van der Waals surface area contributed by atoms with Gasteiger partial charge in [-0.25, -0.2) is 8.42 Å². The van der Waals surface area contributed by atoms with Gasteiger partial charge in [0.15, 0.2) is 0 Å². The van der Waals surface area contributed by atoms with E-state index in [0.717, 1.165) is 0 Å². The predicted molar refractivity (Wildman–Crippen MR) is 84.7 cm³/mol. The van der Waals surface area contributed by atoms with E-state index in [-0.39, 0.29) is 0 Å². The van der Waals surface area contributed by atoms with Gasteiger partial charge in [-0.05, 0) is 0 Å². The van der Waals surface area contributed by atoms with Gasteiger partial charge in [0.05, 0.1) is 0 Å². The molecule has 0 bridgehead atoms. The van der Waals surface area contributed by atoms with Crippen LogP contribution in [0.3, 0.4) is 0 Å². The number of hydrogen-bond donors (Lipinski definition) is 1. The summed E-state index contributed by atoms with van der Waals surface area (Å²) in [5.41, 5.74) is 0. The van der Waals surface area contributed by atoms with Crippen molar-refractivity contribution >= 4 is 16.0 Å². The molecule has 0 saturated heterocycles. The number of nitrogens with zero attached hydrogens (tertiary/aromatic N) is 1. The Morgan fingerprint density at radius 2 is 0.698 bits per heavy atom. The standard InChI is InChI=1S/C14H6F23NO4S/c1-38(2-3(39)40)43(41,42)14(36,37)12(31,32)10(27,28)8(23,24)6(19,20)4(15,16)5(17,18)7(21,22)9(25,26)11(29,30)13(33,34)35/h2H2,1H3,(H,39,40). The van der Waals surface area contributed by atoms with Gasteiger partial charge in [0.1, 0.15) is 6.54 Å². The third kappa shape index (κ3) is 4.98. The molecule has 0 aromatic rings. The normalized spacial score (nSPS) is 16.6. The summed E-state index contributed by atoms with van der Waals surface area (Å²) in [6.07, 6.45) is -8.18. The molecule has 0 aromatic heterocycles. The van der Waals surface area contributed by atoms with Gasteiger partial charge in [-0.1, -0.05) is 0 Å². The molecule has 0 rings (SSSR count). The van der Waals surface area contributed by atoms with E-state index >= 15 is 0 Å². The Bertz CT molecular complexity index is 1170. The Kier molecular flexibility index (Phi) is 9.62. The van der Waals surface area contributed by atoms with E-state index in [1.54, 1.807) is 0 Å². The molecule has 0 aliphatic carbocycles. The van der Waals surface area contributed by atoms with Crippen molar-refractivity contribution in [2.45, 2.75) is 64.7 Å². The van der Waals surface area contributed by atoms with Crippen LogP contribution in [0.5, 0.6) is 0 Å². The first-order chi connectivity index (χ1) is 18.1. The summed E-state index contributed by atoms with van der Waals surface area (Å²) in [7, 11) is -8.39. The molecule has 258 valence electrons. The van der Waals surface area contributed by atoms with Crippen LogP contribution in [0.15, 0.2) is 0 Å². The summed E-state index contributed by atoms with van der Waals surface area (Å²) in [4.78, 5) is 10.3. The van der Waals surface area contributed by atoms with Gasteiger partial charge in [-0.2, -0.15) is 105 Å². The lowest BCUT2D eigenvalue weighted by atomic mass is 9.86. The van der Waals surface area contributed by atoms with Gasteiger partial charge < -0.3 is 5.11 Å². The molecule has 43 heavy (non-hydrogen) atoms. The Balaban J connectivity index is 7.39. The number of sulfonamides is 1. The average molecular weight is 721 g/mol. The molecule has 0 aromatic carbocycles. The monoisotopic (exact) mass is 721 g/mol. The summed E-state index contributed by atoms with van der Waals surface area (Å²) < 4.78 is 328. The second kappa shape index (κ2) is 10.1. The maximum atomic E-state index is 13.8. The molecule has 0 saturated carbocycles. The second-order valence-corrected chi connectivity index (χ2v) is 9.93. The van der Waals surface area contributed by atoms with Crippen molar-refractivity contribution in [3.05, 3.63) is 0 Å². The molecule has 0 amide bonds. The van der Waals surface area contributed by atoms with Crippen molar-refractivity contribution in [2.24, 2.45) is 0 Å². The number of rotatable bonds is 13. The smallest absolute Gasteiger partial charge is 0.460 e. The number of likely N-dealkylation sites (N-methyl/N-ethyl adjacent to an activating group) is 1. The molecule has 0 atom stereocenters. The zero-order chi connectivity index (χ0) is 35.9. The van der Waals surface area contributed by atoms with Crippen LogP contribution < -0.4 is 0 Å². The highest BCUT2D eigenvalue weighted by atomic mass is 32.2. The number of carboxylic acids is 1. The maximum absolute atomic E-state index is 13.8. The van der Waals surface area contributed by atoms with E-state index in [2.05, 4.69) is 0 Å². The average Bonchev–Trinajstić information content (AvgIpc) is 2.76. The third-order valence-electron chi connectivity index (χ3n) is 4.97. The van der Waals surface area contributed by atoms with Gasteiger partial charge in [0.25, 0.3) is 10.0 Å². The molecule has 0 heterocycles. The van der Waals surface area contributed by atoms with Crippen LogP contribution in [0, 0.1) is 0 Å². The Morgan fingerprint density at radius 3 is 0.907 bits per heavy atom. The number of aliphatic carboxylic acids is 1. The molecule has 0 radical (unpaired) electrons. The summed E-state index contributed by atoms with van der Waals surface area (Å²) >= 11 is 0. The quantitative estimate of drug-likeness (QED) is 0.230. The molecule has 0 aliphatic heterocycles. The van der Waals surface area contributed by atoms with Gasteiger partial charge >= 0.3 is 70.7 Å². The lowest BCUT2D eigenvalue weighted by Crippen LogP contribution is -2.78. The molecular weight excluding hydrogens is 715 g/mol. The molecule has 5 nitrogen and oxygen atoms in total. The number of carboxylic acid groups (broad SMARTS) is 1.